The van der Waals surface area contributed by atoms with Crippen molar-refractivity contribution in [1.29, 1.82) is 0 Å². The van der Waals surface area contributed by atoms with Crippen LogP contribution in [0.25, 0.3) is 0 Å². The van der Waals surface area contributed by atoms with Crippen LogP contribution in [0, 0.1) is 3.57 Å². The Kier molecular flexibility index (Phi) is 3.45. The molecule has 80 valence electrons. The van der Waals surface area contributed by atoms with Gasteiger partial charge in [0.1, 0.15) is 5.75 Å². The monoisotopic (exact) mass is 317 g/mol. The van der Waals surface area contributed by atoms with Gasteiger partial charge in [0.2, 0.25) is 0 Å². The summed E-state index contributed by atoms with van der Waals surface area (Å²) >= 11 is 2.20. The van der Waals surface area contributed by atoms with E-state index in [4.69, 9.17) is 4.74 Å². The van der Waals surface area contributed by atoms with Gasteiger partial charge in [-0.05, 0) is 41.1 Å². The molecule has 1 heterocycles. The summed E-state index contributed by atoms with van der Waals surface area (Å²) in [5.74, 6) is 0.868. The summed E-state index contributed by atoms with van der Waals surface area (Å²) in [4.78, 5) is 13.3. The van der Waals surface area contributed by atoms with E-state index in [1.54, 1.807) is 0 Å². The number of carbonyl (C=O) groups is 1. The van der Waals surface area contributed by atoms with E-state index < -0.39 is 0 Å². The number of para-hydroxylation sites is 1. The summed E-state index contributed by atoms with van der Waals surface area (Å²) in [6.07, 6.45) is 1.12. The molecular formula is C11H12INO2. The van der Waals surface area contributed by atoms with Crippen LogP contribution in [0.2, 0.25) is 0 Å². The third kappa shape index (κ3) is 2.62. The molecule has 0 saturated carbocycles. The smallest absolute Gasteiger partial charge is 0.260 e. The minimum atomic E-state index is 0.0842. The van der Waals surface area contributed by atoms with Gasteiger partial charge in [-0.2, -0.15) is 0 Å². The summed E-state index contributed by atoms with van der Waals surface area (Å²) in [6, 6.07) is 7.70. The summed E-state index contributed by atoms with van der Waals surface area (Å²) in [7, 11) is 0. The second-order valence-corrected chi connectivity index (χ2v) is 4.62. The van der Waals surface area contributed by atoms with Gasteiger partial charge in [0.25, 0.3) is 5.91 Å². The van der Waals surface area contributed by atoms with E-state index in [1.807, 2.05) is 29.2 Å². The summed E-state index contributed by atoms with van der Waals surface area (Å²) < 4.78 is 6.49. The molecule has 0 unspecified atom stereocenters. The van der Waals surface area contributed by atoms with Gasteiger partial charge in [-0.1, -0.05) is 12.1 Å². The maximum absolute atomic E-state index is 11.5. The van der Waals surface area contributed by atoms with Crippen LogP contribution in [-0.2, 0) is 4.79 Å². The number of rotatable bonds is 3. The number of halogens is 1. The Balaban J connectivity index is 1.87. The van der Waals surface area contributed by atoms with Crippen LogP contribution < -0.4 is 4.74 Å². The standard InChI is InChI=1S/C11H12INO2/c12-9-4-1-2-5-10(9)15-8-11(14)13-6-3-7-13/h1-2,4-5H,3,6-8H2. The maximum Gasteiger partial charge on any atom is 0.260 e. The van der Waals surface area contributed by atoms with Gasteiger partial charge in [-0.15, -0.1) is 0 Å². The molecule has 1 aliphatic heterocycles. The SMILES string of the molecule is O=C(COc1ccccc1I)N1CCC1. The Bertz CT molecular complexity index is 363. The number of ether oxygens (including phenoxy) is 1. The Hall–Kier alpha value is -0.780. The first kappa shape index (κ1) is 10.7. The fourth-order valence-electron chi connectivity index (χ4n) is 1.36. The van der Waals surface area contributed by atoms with Crippen LogP contribution in [0.5, 0.6) is 5.75 Å². The van der Waals surface area contributed by atoms with Crippen molar-refractivity contribution < 1.29 is 9.53 Å². The molecule has 0 spiro atoms. The first-order valence-corrected chi connectivity index (χ1v) is 6.00. The number of hydrogen-bond acceptors (Lipinski definition) is 2. The van der Waals surface area contributed by atoms with Crippen molar-refractivity contribution in [3.63, 3.8) is 0 Å². The molecule has 0 N–H and O–H groups in total. The zero-order valence-electron chi connectivity index (χ0n) is 8.28. The fraction of sp³-hybridized carbons (Fsp3) is 0.364. The van der Waals surface area contributed by atoms with Gasteiger partial charge in [0, 0.05) is 13.1 Å². The van der Waals surface area contributed by atoms with Gasteiger partial charge in [0.15, 0.2) is 6.61 Å². The molecule has 1 fully saturated rings. The van der Waals surface area contributed by atoms with E-state index in [2.05, 4.69) is 22.6 Å². The highest BCUT2D eigenvalue weighted by Gasteiger charge is 2.20. The van der Waals surface area contributed by atoms with Crippen molar-refractivity contribution in [2.75, 3.05) is 19.7 Å². The molecule has 3 nitrogen and oxygen atoms in total. The molecule has 1 aromatic carbocycles. The summed E-state index contributed by atoms with van der Waals surface area (Å²) in [6.45, 7) is 1.92. The Morgan fingerprint density at radius 2 is 2.13 bits per heavy atom. The number of hydrogen-bond donors (Lipinski definition) is 0. The van der Waals surface area contributed by atoms with Gasteiger partial charge < -0.3 is 9.64 Å². The van der Waals surface area contributed by atoms with Crippen molar-refractivity contribution in [1.82, 2.24) is 4.90 Å². The summed E-state index contributed by atoms with van der Waals surface area (Å²) in [5, 5.41) is 0. The minimum absolute atomic E-state index is 0.0842. The molecule has 1 saturated heterocycles. The molecular weight excluding hydrogens is 305 g/mol. The fourth-order valence-corrected chi connectivity index (χ4v) is 1.90. The molecule has 4 heteroatoms. The number of benzene rings is 1. The highest BCUT2D eigenvalue weighted by Crippen LogP contribution is 2.19. The topological polar surface area (TPSA) is 29.5 Å². The largest absolute Gasteiger partial charge is 0.483 e. The Labute approximate surface area is 103 Å². The molecule has 0 aliphatic carbocycles. The Morgan fingerprint density at radius 1 is 1.40 bits per heavy atom. The number of nitrogens with zero attached hydrogens (tertiary/aromatic N) is 1. The minimum Gasteiger partial charge on any atom is -0.483 e. The lowest BCUT2D eigenvalue weighted by atomic mass is 10.2. The lowest BCUT2D eigenvalue weighted by Gasteiger charge is -2.30. The van der Waals surface area contributed by atoms with Crippen molar-refractivity contribution in [3.05, 3.63) is 27.8 Å². The van der Waals surface area contributed by atoms with Crippen molar-refractivity contribution in [2.24, 2.45) is 0 Å². The average molecular weight is 317 g/mol. The highest BCUT2D eigenvalue weighted by molar-refractivity contribution is 14.1. The third-order valence-electron chi connectivity index (χ3n) is 2.40. The predicted octanol–water partition coefficient (Wildman–Crippen LogP) is 1.90. The second-order valence-electron chi connectivity index (χ2n) is 3.45. The summed E-state index contributed by atoms with van der Waals surface area (Å²) in [5.41, 5.74) is 0. The first-order chi connectivity index (χ1) is 7.27. The van der Waals surface area contributed by atoms with E-state index in [0.717, 1.165) is 28.8 Å². The molecule has 1 aromatic rings. The van der Waals surface area contributed by atoms with Crippen LogP contribution in [0.15, 0.2) is 24.3 Å². The van der Waals surface area contributed by atoms with E-state index in [1.165, 1.54) is 0 Å². The lowest BCUT2D eigenvalue weighted by molar-refractivity contribution is -0.136. The number of amides is 1. The Morgan fingerprint density at radius 3 is 2.73 bits per heavy atom. The molecule has 1 amide bonds. The molecule has 0 radical (unpaired) electrons. The highest BCUT2D eigenvalue weighted by atomic mass is 127. The van der Waals surface area contributed by atoms with E-state index in [-0.39, 0.29) is 12.5 Å². The van der Waals surface area contributed by atoms with Crippen molar-refractivity contribution in [3.8, 4) is 5.75 Å². The zero-order chi connectivity index (χ0) is 10.7. The molecule has 0 atom stereocenters. The maximum atomic E-state index is 11.5. The molecule has 1 aliphatic rings. The first-order valence-electron chi connectivity index (χ1n) is 4.92. The quantitative estimate of drug-likeness (QED) is 0.797. The number of likely N-dealkylation sites (tertiary alicyclic amines) is 1. The van der Waals surface area contributed by atoms with Crippen LogP contribution in [0.3, 0.4) is 0 Å². The van der Waals surface area contributed by atoms with Crippen LogP contribution in [-0.4, -0.2) is 30.5 Å². The van der Waals surface area contributed by atoms with Crippen molar-refractivity contribution >= 4 is 28.5 Å². The van der Waals surface area contributed by atoms with Gasteiger partial charge in [-0.25, -0.2) is 0 Å². The van der Waals surface area contributed by atoms with Crippen LogP contribution >= 0.6 is 22.6 Å². The lowest BCUT2D eigenvalue weighted by Crippen LogP contribution is -2.44. The molecule has 0 aromatic heterocycles. The molecule has 2 rings (SSSR count). The van der Waals surface area contributed by atoms with Gasteiger partial charge in [0.05, 0.1) is 3.57 Å². The van der Waals surface area contributed by atoms with Crippen LogP contribution in [0.1, 0.15) is 6.42 Å². The van der Waals surface area contributed by atoms with E-state index in [9.17, 15) is 4.79 Å². The van der Waals surface area contributed by atoms with E-state index in [0.29, 0.717) is 0 Å². The van der Waals surface area contributed by atoms with E-state index >= 15 is 0 Å². The zero-order valence-corrected chi connectivity index (χ0v) is 10.4. The van der Waals surface area contributed by atoms with Crippen LogP contribution in [0.4, 0.5) is 0 Å². The normalized spacial score (nSPS) is 14.6. The van der Waals surface area contributed by atoms with Crippen molar-refractivity contribution in [2.45, 2.75) is 6.42 Å². The second kappa shape index (κ2) is 4.83. The average Bonchev–Trinajstić information content (AvgIpc) is 2.14. The molecule has 0 bridgehead atoms. The predicted molar refractivity (Wildman–Crippen MR) is 65.9 cm³/mol. The van der Waals surface area contributed by atoms with Gasteiger partial charge in [-0.3, -0.25) is 4.79 Å². The van der Waals surface area contributed by atoms with Gasteiger partial charge >= 0.3 is 0 Å². The molecule has 15 heavy (non-hydrogen) atoms. The number of carbonyl (C=O) groups excluding carboxylic acids is 1. The third-order valence-corrected chi connectivity index (χ3v) is 3.29.